The van der Waals surface area contributed by atoms with Gasteiger partial charge in [0.05, 0.1) is 6.04 Å². The van der Waals surface area contributed by atoms with Crippen molar-refractivity contribution in [1.29, 1.82) is 0 Å². The first-order valence-corrected chi connectivity index (χ1v) is 6.21. The van der Waals surface area contributed by atoms with Crippen molar-refractivity contribution in [2.75, 3.05) is 7.05 Å². The summed E-state index contributed by atoms with van der Waals surface area (Å²) in [5.41, 5.74) is -0.266. The number of ether oxygens (including phenoxy) is 1. The molecule has 0 saturated heterocycles. The smallest absolute Gasteiger partial charge is 0.410 e. The summed E-state index contributed by atoms with van der Waals surface area (Å²) < 4.78 is 27.4. The van der Waals surface area contributed by atoms with Gasteiger partial charge in [0.1, 0.15) is 11.3 Å². The van der Waals surface area contributed by atoms with Crippen LogP contribution in [0.5, 0.6) is 0 Å². The fourth-order valence-electron chi connectivity index (χ4n) is 1.23. The Balaban J connectivity index is 2.96. The third-order valence-corrected chi connectivity index (χ3v) is 2.82. The van der Waals surface area contributed by atoms with Crippen molar-refractivity contribution in [1.82, 2.24) is 19.9 Å². The summed E-state index contributed by atoms with van der Waals surface area (Å²) in [6, 6.07) is -0.495. The Morgan fingerprint density at radius 3 is 2.61 bits per heavy atom. The summed E-state index contributed by atoms with van der Waals surface area (Å²) in [5, 5.41) is 7.73. The molecule has 0 aliphatic carbocycles. The molecule has 1 unspecified atom stereocenters. The van der Waals surface area contributed by atoms with Gasteiger partial charge in [-0.15, -0.1) is 5.10 Å². The maximum absolute atomic E-state index is 12.0. The van der Waals surface area contributed by atoms with Crippen LogP contribution in [0, 0.1) is 0 Å². The molecule has 0 radical (unpaired) electrons. The summed E-state index contributed by atoms with van der Waals surface area (Å²) in [7, 11) is 1.56. The van der Waals surface area contributed by atoms with Crippen LogP contribution >= 0.6 is 15.9 Å². The fraction of sp³-hybridized carbons (Fsp3) is 0.727. The lowest BCUT2D eigenvalue weighted by Gasteiger charge is -2.27. The van der Waals surface area contributed by atoms with Gasteiger partial charge >= 0.3 is 6.09 Å². The van der Waals surface area contributed by atoms with Crippen molar-refractivity contribution in [3.05, 3.63) is 10.3 Å². The zero-order chi connectivity index (χ0) is 16.6. The molecule has 7 heteroatoms. The molecule has 1 aromatic rings. The molecular weight excluding hydrogens is 300 g/mol. The van der Waals surface area contributed by atoms with E-state index in [0.717, 1.165) is 0 Å². The Morgan fingerprint density at radius 1 is 1.56 bits per heavy atom. The Kier molecular flexibility index (Phi) is 3.15. The van der Waals surface area contributed by atoms with Crippen LogP contribution in [0.1, 0.15) is 43.5 Å². The molecule has 1 amide bonds. The standard InChI is InChI=1S/C11H19BrN4O2/c1-7(8-9(12)14-16(6)13-8)15(5)10(17)18-11(2,3)4/h7H,1-6H3/i6D3. The largest absolute Gasteiger partial charge is 0.444 e. The minimum Gasteiger partial charge on any atom is -0.444 e. The van der Waals surface area contributed by atoms with Gasteiger partial charge in [0.25, 0.3) is 0 Å². The predicted octanol–water partition coefficient (Wildman–Crippen LogP) is 2.51. The third kappa shape index (κ3) is 3.69. The van der Waals surface area contributed by atoms with Crippen molar-refractivity contribution >= 4 is 22.0 Å². The van der Waals surface area contributed by atoms with Crippen molar-refractivity contribution in [2.24, 2.45) is 6.98 Å². The van der Waals surface area contributed by atoms with Crippen LogP contribution in [0.25, 0.3) is 0 Å². The van der Waals surface area contributed by atoms with Crippen LogP contribution in [0.3, 0.4) is 0 Å². The molecule has 18 heavy (non-hydrogen) atoms. The second-order valence-electron chi connectivity index (χ2n) is 4.93. The molecule has 0 aliphatic rings. The maximum Gasteiger partial charge on any atom is 0.410 e. The van der Waals surface area contributed by atoms with Crippen molar-refractivity contribution in [2.45, 2.75) is 39.3 Å². The molecule has 6 nitrogen and oxygen atoms in total. The third-order valence-electron chi connectivity index (χ3n) is 2.25. The van der Waals surface area contributed by atoms with E-state index in [9.17, 15) is 4.79 Å². The number of carbonyl (C=O) groups is 1. The highest BCUT2D eigenvalue weighted by Crippen LogP contribution is 2.24. The highest BCUT2D eigenvalue weighted by molar-refractivity contribution is 9.10. The summed E-state index contributed by atoms with van der Waals surface area (Å²) in [5.74, 6) is 0. The molecule has 0 bridgehead atoms. The first-order chi connectivity index (χ1) is 9.33. The second-order valence-corrected chi connectivity index (χ2v) is 5.68. The van der Waals surface area contributed by atoms with Crippen LogP contribution in [0.4, 0.5) is 4.79 Å². The van der Waals surface area contributed by atoms with E-state index in [-0.39, 0.29) is 4.60 Å². The van der Waals surface area contributed by atoms with Crippen LogP contribution in [0.15, 0.2) is 4.60 Å². The molecule has 0 N–H and O–H groups in total. The normalized spacial score (nSPS) is 16.4. The molecular formula is C11H19BrN4O2. The molecule has 0 spiro atoms. The minimum absolute atomic E-state index is 0.279. The number of carbonyl (C=O) groups excluding carboxylic acids is 1. The molecule has 0 fully saturated rings. The monoisotopic (exact) mass is 321 g/mol. The van der Waals surface area contributed by atoms with E-state index in [0.29, 0.717) is 10.5 Å². The minimum atomic E-state index is -2.47. The fourth-order valence-corrected chi connectivity index (χ4v) is 1.79. The van der Waals surface area contributed by atoms with Gasteiger partial charge in [-0.1, -0.05) is 0 Å². The first-order valence-electron chi connectivity index (χ1n) is 6.92. The molecule has 1 aromatic heterocycles. The average molecular weight is 322 g/mol. The molecule has 0 aromatic carbocycles. The number of halogens is 1. The molecule has 1 atom stereocenters. The Morgan fingerprint density at radius 2 is 2.17 bits per heavy atom. The van der Waals surface area contributed by atoms with Crippen molar-refractivity contribution in [3.8, 4) is 0 Å². The molecule has 0 saturated carbocycles. The lowest BCUT2D eigenvalue weighted by molar-refractivity contribution is 0.0230. The highest BCUT2D eigenvalue weighted by atomic mass is 79.9. The number of hydrogen-bond acceptors (Lipinski definition) is 4. The van der Waals surface area contributed by atoms with Gasteiger partial charge in [-0.3, -0.25) is 0 Å². The number of nitrogens with zero attached hydrogens (tertiary/aromatic N) is 4. The van der Waals surface area contributed by atoms with E-state index in [1.165, 1.54) is 4.90 Å². The van der Waals surface area contributed by atoms with E-state index in [2.05, 4.69) is 26.1 Å². The van der Waals surface area contributed by atoms with E-state index in [1.807, 2.05) is 0 Å². The SMILES string of the molecule is [2H]C([2H])([2H])n1nc(Br)c(C(C)N(C)C(=O)OC(C)(C)C)n1. The van der Waals surface area contributed by atoms with Crippen LogP contribution < -0.4 is 0 Å². The average Bonchev–Trinajstić information content (AvgIpc) is 2.66. The first kappa shape index (κ1) is 10.8. The summed E-state index contributed by atoms with van der Waals surface area (Å²) in [6.45, 7) is 4.55. The number of aryl methyl sites for hydroxylation is 1. The van der Waals surface area contributed by atoms with E-state index in [4.69, 9.17) is 8.85 Å². The maximum atomic E-state index is 12.0. The zero-order valence-electron chi connectivity index (χ0n) is 14.1. The highest BCUT2D eigenvalue weighted by Gasteiger charge is 2.26. The number of hydrogen-bond donors (Lipinski definition) is 0. The molecule has 102 valence electrons. The van der Waals surface area contributed by atoms with E-state index < -0.39 is 24.7 Å². The van der Waals surface area contributed by atoms with Crippen LogP contribution in [0.2, 0.25) is 0 Å². The van der Waals surface area contributed by atoms with Gasteiger partial charge in [0.15, 0.2) is 4.60 Å². The second kappa shape index (κ2) is 5.26. The molecule has 1 heterocycles. The van der Waals surface area contributed by atoms with Gasteiger partial charge in [-0.05, 0) is 43.6 Å². The van der Waals surface area contributed by atoms with E-state index in [1.54, 1.807) is 34.7 Å². The molecule has 1 rings (SSSR count). The van der Waals surface area contributed by atoms with Gasteiger partial charge < -0.3 is 9.64 Å². The lowest BCUT2D eigenvalue weighted by atomic mass is 10.2. The number of rotatable bonds is 2. The zero-order valence-corrected chi connectivity index (χ0v) is 12.6. The van der Waals surface area contributed by atoms with Crippen molar-refractivity contribution in [3.63, 3.8) is 0 Å². The number of aromatic nitrogens is 3. The van der Waals surface area contributed by atoms with Gasteiger partial charge in [0.2, 0.25) is 0 Å². The topological polar surface area (TPSA) is 60.2 Å². The van der Waals surface area contributed by atoms with E-state index >= 15 is 0 Å². The lowest BCUT2D eigenvalue weighted by Crippen LogP contribution is -2.36. The van der Waals surface area contributed by atoms with Crippen molar-refractivity contribution < 1.29 is 13.6 Å². The Labute approximate surface area is 120 Å². The van der Waals surface area contributed by atoms with Gasteiger partial charge in [-0.25, -0.2) is 4.79 Å². The quantitative estimate of drug-likeness (QED) is 0.839. The Hall–Kier alpha value is -1.11. The summed E-state index contributed by atoms with van der Waals surface area (Å²) >= 11 is 3.17. The summed E-state index contributed by atoms with van der Waals surface area (Å²) in [4.78, 5) is 14.0. The van der Waals surface area contributed by atoms with Gasteiger partial charge in [0, 0.05) is 18.1 Å². The van der Waals surface area contributed by atoms with Crippen LogP contribution in [-0.2, 0) is 11.7 Å². The summed E-state index contributed by atoms with van der Waals surface area (Å²) in [6.07, 6.45) is -0.523. The van der Waals surface area contributed by atoms with Gasteiger partial charge in [-0.2, -0.15) is 9.90 Å². The van der Waals surface area contributed by atoms with Crippen LogP contribution in [-0.4, -0.2) is 38.6 Å². The molecule has 0 aliphatic heterocycles. The predicted molar refractivity (Wildman–Crippen MR) is 71.1 cm³/mol. The Bertz CT molecular complexity index is 525. The number of amides is 1.